The minimum absolute atomic E-state index is 0.410. The zero-order chi connectivity index (χ0) is 20.6. The van der Waals surface area contributed by atoms with Gasteiger partial charge in [-0.15, -0.1) is 0 Å². The van der Waals surface area contributed by atoms with E-state index >= 15 is 0 Å². The van der Waals surface area contributed by atoms with Crippen molar-refractivity contribution in [3.8, 4) is 11.1 Å². The van der Waals surface area contributed by atoms with Crippen molar-refractivity contribution in [2.24, 2.45) is 0 Å². The zero-order valence-electron chi connectivity index (χ0n) is 17.4. The molecule has 0 fully saturated rings. The monoisotopic (exact) mass is 377 g/mol. The number of hydrogen-bond donors (Lipinski definition) is 0. The molecule has 144 valence electrons. The van der Waals surface area contributed by atoms with E-state index in [4.69, 9.17) is 0 Å². The number of fused-ring (bicyclic) bond motifs is 5. The third kappa shape index (κ3) is 2.40. The van der Waals surface area contributed by atoms with Gasteiger partial charge >= 0.3 is 0 Å². The maximum atomic E-state index is 4.27. The topological polar surface area (TPSA) is 3.24 Å². The van der Waals surface area contributed by atoms with Crippen molar-refractivity contribution >= 4 is 0 Å². The lowest BCUT2D eigenvalue weighted by atomic mass is 9.63. The molecule has 0 unspecified atom stereocenters. The Bertz CT molecular complexity index is 1080. The molecular formula is C28H27N. The Morgan fingerprint density at radius 1 is 0.897 bits per heavy atom. The van der Waals surface area contributed by atoms with E-state index in [-0.39, 0.29) is 0 Å². The van der Waals surface area contributed by atoms with Crippen molar-refractivity contribution in [2.75, 3.05) is 7.05 Å². The lowest BCUT2D eigenvalue weighted by molar-refractivity contribution is 0.481. The van der Waals surface area contributed by atoms with Gasteiger partial charge in [0.2, 0.25) is 0 Å². The van der Waals surface area contributed by atoms with Crippen molar-refractivity contribution in [3.05, 3.63) is 132 Å². The van der Waals surface area contributed by atoms with Crippen LogP contribution >= 0.6 is 0 Å². The van der Waals surface area contributed by atoms with Gasteiger partial charge in [-0.25, -0.2) is 0 Å². The Balaban J connectivity index is 2.29. The van der Waals surface area contributed by atoms with Gasteiger partial charge < -0.3 is 4.90 Å². The summed E-state index contributed by atoms with van der Waals surface area (Å²) in [6.45, 7) is 12.5. The summed E-state index contributed by atoms with van der Waals surface area (Å²) >= 11 is 0. The van der Waals surface area contributed by atoms with Crippen molar-refractivity contribution in [3.63, 3.8) is 0 Å². The molecule has 0 saturated carbocycles. The first-order valence-corrected chi connectivity index (χ1v) is 10.1. The van der Waals surface area contributed by atoms with Gasteiger partial charge in [0.25, 0.3) is 0 Å². The van der Waals surface area contributed by atoms with Gasteiger partial charge in [0, 0.05) is 18.4 Å². The standard InChI is InChI=1S/C28H27N/c1-6-14-25-26(9-4)29(5)27(15-7-2)22(8-3)28(25)23-18-12-10-16-20(23)21-17-11-13-19-24(21)28/h6-19H,1,3H2,2,4-5H3/b15-7-,25-14+,26-9+. The Labute approximate surface area is 174 Å². The fourth-order valence-electron chi connectivity index (χ4n) is 5.13. The summed E-state index contributed by atoms with van der Waals surface area (Å²) in [5.41, 5.74) is 9.57. The molecule has 2 aliphatic rings. The van der Waals surface area contributed by atoms with Crippen LogP contribution in [0.3, 0.4) is 0 Å². The minimum atomic E-state index is -0.410. The van der Waals surface area contributed by atoms with Crippen molar-refractivity contribution < 1.29 is 0 Å². The second-order valence-corrected chi connectivity index (χ2v) is 7.39. The maximum absolute atomic E-state index is 4.27. The molecule has 2 aromatic rings. The molecule has 2 aromatic carbocycles. The van der Waals surface area contributed by atoms with Crippen LogP contribution in [0.4, 0.5) is 0 Å². The van der Waals surface area contributed by atoms with Crippen LogP contribution in [0.2, 0.25) is 0 Å². The average Bonchev–Trinajstić information content (AvgIpc) is 3.04. The first-order chi connectivity index (χ1) is 14.2. The molecule has 0 bridgehead atoms. The van der Waals surface area contributed by atoms with Gasteiger partial charge in [-0.2, -0.15) is 0 Å². The molecule has 0 atom stereocenters. The smallest absolute Gasteiger partial charge is 0.0753 e. The van der Waals surface area contributed by atoms with Crippen LogP contribution < -0.4 is 0 Å². The van der Waals surface area contributed by atoms with Gasteiger partial charge in [-0.1, -0.05) is 92.1 Å². The summed E-state index contributed by atoms with van der Waals surface area (Å²) < 4.78 is 0. The fraction of sp³-hybridized carbons (Fsp3) is 0.143. The molecule has 1 heteroatoms. The Hall–Kier alpha value is -3.32. The number of allylic oxidation sites excluding steroid dienone is 8. The Morgan fingerprint density at radius 2 is 1.48 bits per heavy atom. The van der Waals surface area contributed by atoms with Crippen molar-refractivity contribution in [2.45, 2.75) is 19.3 Å². The molecule has 1 aliphatic carbocycles. The number of likely N-dealkylation sites (N-methyl/N-ethyl adjacent to an activating group) is 1. The van der Waals surface area contributed by atoms with Crippen LogP contribution in [0.25, 0.3) is 11.1 Å². The molecule has 1 heterocycles. The summed E-state index contributed by atoms with van der Waals surface area (Å²) in [6.07, 6.45) is 12.6. The van der Waals surface area contributed by atoms with Crippen LogP contribution in [-0.4, -0.2) is 11.9 Å². The highest BCUT2D eigenvalue weighted by atomic mass is 15.1. The van der Waals surface area contributed by atoms with Gasteiger partial charge in [-0.3, -0.25) is 0 Å². The van der Waals surface area contributed by atoms with Crippen molar-refractivity contribution in [1.29, 1.82) is 0 Å². The van der Waals surface area contributed by atoms with Crippen LogP contribution in [0.15, 0.2) is 121 Å². The Morgan fingerprint density at radius 3 is 1.97 bits per heavy atom. The van der Waals surface area contributed by atoms with Crippen LogP contribution in [-0.2, 0) is 5.41 Å². The second kappa shape index (κ2) is 7.25. The lowest BCUT2D eigenvalue weighted by Gasteiger charge is -2.46. The highest BCUT2D eigenvalue weighted by molar-refractivity contribution is 5.88. The van der Waals surface area contributed by atoms with Gasteiger partial charge in [-0.05, 0) is 53.3 Å². The molecule has 0 saturated heterocycles. The summed E-state index contributed by atoms with van der Waals surface area (Å²) in [5, 5.41) is 0. The molecule has 29 heavy (non-hydrogen) atoms. The van der Waals surface area contributed by atoms with Gasteiger partial charge in [0.05, 0.1) is 5.41 Å². The predicted molar refractivity (Wildman–Crippen MR) is 124 cm³/mol. The van der Waals surface area contributed by atoms with E-state index < -0.39 is 5.41 Å². The zero-order valence-corrected chi connectivity index (χ0v) is 17.4. The van der Waals surface area contributed by atoms with E-state index in [1.54, 1.807) is 0 Å². The maximum Gasteiger partial charge on any atom is 0.0753 e. The minimum Gasteiger partial charge on any atom is -0.344 e. The number of hydrogen-bond acceptors (Lipinski definition) is 1. The molecule has 0 N–H and O–H groups in total. The summed E-state index contributed by atoms with van der Waals surface area (Å²) in [7, 11) is 2.13. The van der Waals surface area contributed by atoms with Gasteiger partial charge in [0.15, 0.2) is 0 Å². The van der Waals surface area contributed by atoms with E-state index in [9.17, 15) is 0 Å². The quantitative estimate of drug-likeness (QED) is 0.560. The SMILES string of the molecule is C=C/C=C1\C(=C/C)N(C)C(/C=C\C)=C(C=C)C12c1ccccc1-c1ccccc12. The largest absolute Gasteiger partial charge is 0.344 e. The summed E-state index contributed by atoms with van der Waals surface area (Å²) in [6, 6.07) is 17.5. The van der Waals surface area contributed by atoms with Crippen molar-refractivity contribution in [1.82, 2.24) is 4.90 Å². The fourth-order valence-corrected chi connectivity index (χ4v) is 5.13. The van der Waals surface area contributed by atoms with Crippen LogP contribution in [0.5, 0.6) is 0 Å². The molecule has 0 amide bonds. The lowest BCUT2D eigenvalue weighted by Crippen LogP contribution is -2.40. The number of nitrogens with zero attached hydrogens (tertiary/aromatic N) is 1. The number of rotatable bonds is 3. The second-order valence-electron chi connectivity index (χ2n) is 7.39. The molecule has 1 spiro atoms. The Kier molecular flexibility index (Phi) is 4.76. The summed E-state index contributed by atoms with van der Waals surface area (Å²) in [5.74, 6) is 0. The van der Waals surface area contributed by atoms with E-state index in [1.807, 2.05) is 12.2 Å². The molecule has 1 aliphatic heterocycles. The predicted octanol–water partition coefficient (Wildman–Crippen LogP) is 6.93. The molecule has 1 nitrogen and oxygen atoms in total. The molecular weight excluding hydrogens is 350 g/mol. The molecule has 4 rings (SSSR count). The van der Waals surface area contributed by atoms with Crippen LogP contribution in [0.1, 0.15) is 25.0 Å². The third-order valence-corrected chi connectivity index (χ3v) is 6.12. The third-order valence-electron chi connectivity index (χ3n) is 6.12. The first kappa shape index (κ1) is 19.0. The highest BCUT2D eigenvalue weighted by Gasteiger charge is 2.52. The van der Waals surface area contributed by atoms with E-state index in [1.165, 1.54) is 44.8 Å². The summed E-state index contributed by atoms with van der Waals surface area (Å²) in [4.78, 5) is 2.27. The van der Waals surface area contributed by atoms with Gasteiger partial charge in [0.1, 0.15) is 0 Å². The normalized spacial score (nSPS) is 19.9. The average molecular weight is 378 g/mol. The molecule has 0 aromatic heterocycles. The number of benzene rings is 2. The first-order valence-electron chi connectivity index (χ1n) is 10.1. The molecule has 0 radical (unpaired) electrons. The van der Waals surface area contributed by atoms with Crippen LogP contribution in [0, 0.1) is 0 Å². The van der Waals surface area contributed by atoms with E-state index in [2.05, 4.69) is 112 Å². The van der Waals surface area contributed by atoms with E-state index in [0.717, 1.165) is 0 Å². The van der Waals surface area contributed by atoms with E-state index in [0.29, 0.717) is 0 Å². The highest BCUT2D eigenvalue weighted by Crippen LogP contribution is 2.61.